The monoisotopic (exact) mass is 245 g/mol. The minimum absolute atomic E-state index is 0.248. The van der Waals surface area contributed by atoms with E-state index in [1.165, 1.54) is 12.8 Å². The van der Waals surface area contributed by atoms with Crippen LogP contribution >= 0.6 is 0 Å². The maximum Gasteiger partial charge on any atom is 0.349 e. The smallest absolute Gasteiger partial charge is 0.349 e. The van der Waals surface area contributed by atoms with E-state index in [0.717, 1.165) is 18.2 Å². The molecule has 18 heavy (non-hydrogen) atoms. The molecule has 0 aliphatic carbocycles. The lowest BCUT2D eigenvalue weighted by Crippen LogP contribution is -2.25. The number of aromatic nitrogens is 2. The predicted octanol–water partition coefficient (Wildman–Crippen LogP) is 2.56. The fraction of sp³-hybridized carbons (Fsp3) is 0.429. The van der Waals surface area contributed by atoms with Crippen molar-refractivity contribution in [3.8, 4) is 0 Å². The van der Waals surface area contributed by atoms with Gasteiger partial charge in [-0.15, -0.1) is 0 Å². The summed E-state index contributed by atoms with van der Waals surface area (Å²) in [5.41, 5.74) is 6.48. The van der Waals surface area contributed by atoms with Crippen molar-refractivity contribution in [2.24, 2.45) is 0 Å². The van der Waals surface area contributed by atoms with Gasteiger partial charge < -0.3 is 5.73 Å². The molecule has 1 aromatic carbocycles. The Bertz CT molecular complexity index is 589. The first kappa shape index (κ1) is 12.6. The van der Waals surface area contributed by atoms with Gasteiger partial charge in [0, 0.05) is 11.9 Å². The van der Waals surface area contributed by atoms with Gasteiger partial charge in [0.15, 0.2) is 0 Å². The molecule has 4 heteroatoms. The average molecular weight is 245 g/mol. The Morgan fingerprint density at radius 2 is 2.00 bits per heavy atom. The zero-order chi connectivity index (χ0) is 13.0. The second-order valence-corrected chi connectivity index (χ2v) is 4.51. The maximum atomic E-state index is 11.9. The number of para-hydroxylation sites is 1. The van der Waals surface area contributed by atoms with Gasteiger partial charge in [-0.1, -0.05) is 38.3 Å². The summed E-state index contributed by atoms with van der Waals surface area (Å²) in [6.07, 6.45) is 4.46. The Labute approximate surface area is 106 Å². The molecule has 1 aromatic heterocycles. The molecule has 0 atom stereocenters. The van der Waals surface area contributed by atoms with Gasteiger partial charge in [0.25, 0.3) is 0 Å². The molecule has 0 radical (unpaired) electrons. The first-order valence-corrected chi connectivity index (χ1v) is 6.49. The van der Waals surface area contributed by atoms with Gasteiger partial charge in [-0.3, -0.25) is 4.57 Å². The standard InChI is InChI=1S/C14H19N3O/c1-2-3-4-7-10-17-13(15)11-8-5-6-9-12(11)16-14(17)18/h5-6,8-9H,2-4,7,10,15H2,1H3. The largest absolute Gasteiger partial charge is 0.384 e. The number of nitrogen functional groups attached to an aromatic ring is 1. The van der Waals surface area contributed by atoms with Crippen LogP contribution in [0.3, 0.4) is 0 Å². The fourth-order valence-corrected chi connectivity index (χ4v) is 2.11. The number of anilines is 1. The summed E-state index contributed by atoms with van der Waals surface area (Å²) in [4.78, 5) is 16.0. The lowest BCUT2D eigenvalue weighted by molar-refractivity contribution is 0.570. The molecule has 0 spiro atoms. The van der Waals surface area contributed by atoms with E-state index in [1.54, 1.807) is 4.57 Å². The Morgan fingerprint density at radius 3 is 2.78 bits per heavy atom. The molecular formula is C14H19N3O. The fourth-order valence-electron chi connectivity index (χ4n) is 2.11. The molecule has 0 aliphatic rings. The number of fused-ring (bicyclic) bond motifs is 1. The second-order valence-electron chi connectivity index (χ2n) is 4.51. The van der Waals surface area contributed by atoms with Gasteiger partial charge in [-0.25, -0.2) is 4.79 Å². The third-order valence-electron chi connectivity index (χ3n) is 3.15. The highest BCUT2D eigenvalue weighted by Crippen LogP contribution is 2.16. The molecule has 0 amide bonds. The van der Waals surface area contributed by atoms with Crippen LogP contribution in [0.1, 0.15) is 32.6 Å². The van der Waals surface area contributed by atoms with Crippen LogP contribution in [-0.4, -0.2) is 9.55 Å². The summed E-state index contributed by atoms with van der Waals surface area (Å²) in [6, 6.07) is 7.49. The van der Waals surface area contributed by atoms with Crippen molar-refractivity contribution in [2.45, 2.75) is 39.2 Å². The molecule has 1 heterocycles. The van der Waals surface area contributed by atoms with E-state index in [1.807, 2.05) is 24.3 Å². The van der Waals surface area contributed by atoms with E-state index in [0.29, 0.717) is 17.9 Å². The molecule has 0 saturated heterocycles. The average Bonchev–Trinajstić information content (AvgIpc) is 2.38. The van der Waals surface area contributed by atoms with Gasteiger partial charge in [-0.05, 0) is 18.6 Å². The molecule has 4 nitrogen and oxygen atoms in total. The summed E-state index contributed by atoms with van der Waals surface area (Å²) < 4.78 is 1.58. The molecule has 0 unspecified atom stereocenters. The predicted molar refractivity (Wildman–Crippen MR) is 74.6 cm³/mol. The molecule has 0 saturated carbocycles. The number of hydrogen-bond donors (Lipinski definition) is 1. The highest BCUT2D eigenvalue weighted by molar-refractivity contribution is 5.87. The minimum Gasteiger partial charge on any atom is -0.384 e. The number of rotatable bonds is 5. The quantitative estimate of drug-likeness (QED) is 0.823. The van der Waals surface area contributed by atoms with Gasteiger partial charge in [-0.2, -0.15) is 4.98 Å². The summed E-state index contributed by atoms with van der Waals surface area (Å²) >= 11 is 0. The minimum atomic E-state index is -0.248. The van der Waals surface area contributed by atoms with Crippen LogP contribution in [0, 0.1) is 0 Å². The van der Waals surface area contributed by atoms with Crippen LogP contribution in [0.5, 0.6) is 0 Å². The maximum absolute atomic E-state index is 11.9. The van der Waals surface area contributed by atoms with Crippen molar-refractivity contribution >= 4 is 16.7 Å². The van der Waals surface area contributed by atoms with E-state index in [4.69, 9.17) is 5.73 Å². The Balaban J connectivity index is 2.30. The van der Waals surface area contributed by atoms with Crippen molar-refractivity contribution in [3.63, 3.8) is 0 Å². The van der Waals surface area contributed by atoms with Crippen molar-refractivity contribution in [3.05, 3.63) is 34.7 Å². The second kappa shape index (κ2) is 5.67. The summed E-state index contributed by atoms with van der Waals surface area (Å²) in [7, 11) is 0. The Kier molecular flexibility index (Phi) is 3.97. The number of nitrogens with zero attached hydrogens (tertiary/aromatic N) is 2. The molecule has 2 N–H and O–H groups in total. The normalized spacial score (nSPS) is 10.9. The molecular weight excluding hydrogens is 226 g/mol. The van der Waals surface area contributed by atoms with E-state index in [9.17, 15) is 4.79 Å². The zero-order valence-electron chi connectivity index (χ0n) is 10.7. The lowest BCUT2D eigenvalue weighted by Gasteiger charge is -2.10. The van der Waals surface area contributed by atoms with Crippen molar-refractivity contribution < 1.29 is 0 Å². The van der Waals surface area contributed by atoms with Crippen LogP contribution in [-0.2, 0) is 6.54 Å². The molecule has 0 fully saturated rings. The molecule has 0 bridgehead atoms. The van der Waals surface area contributed by atoms with Crippen LogP contribution in [0.2, 0.25) is 0 Å². The summed E-state index contributed by atoms with van der Waals surface area (Å²) in [6.45, 7) is 2.82. The highest BCUT2D eigenvalue weighted by Gasteiger charge is 2.07. The van der Waals surface area contributed by atoms with Crippen LogP contribution < -0.4 is 11.4 Å². The van der Waals surface area contributed by atoms with E-state index >= 15 is 0 Å². The van der Waals surface area contributed by atoms with Crippen molar-refractivity contribution in [2.75, 3.05) is 5.73 Å². The number of hydrogen-bond acceptors (Lipinski definition) is 3. The number of benzene rings is 1. The van der Waals surface area contributed by atoms with E-state index in [2.05, 4.69) is 11.9 Å². The summed E-state index contributed by atoms with van der Waals surface area (Å²) in [5, 5.41) is 0.854. The SMILES string of the molecule is CCCCCCn1c(N)c2ccccc2nc1=O. The first-order valence-electron chi connectivity index (χ1n) is 6.49. The van der Waals surface area contributed by atoms with Crippen LogP contribution in [0.4, 0.5) is 5.82 Å². The van der Waals surface area contributed by atoms with Gasteiger partial charge in [0.2, 0.25) is 0 Å². The first-order chi connectivity index (χ1) is 8.74. The lowest BCUT2D eigenvalue weighted by atomic mass is 10.2. The zero-order valence-corrected chi connectivity index (χ0v) is 10.7. The number of unbranched alkanes of at least 4 members (excludes halogenated alkanes) is 3. The topological polar surface area (TPSA) is 60.9 Å². The highest BCUT2D eigenvalue weighted by atomic mass is 16.1. The number of nitrogens with two attached hydrogens (primary N) is 1. The van der Waals surface area contributed by atoms with Crippen molar-refractivity contribution in [1.82, 2.24) is 9.55 Å². The van der Waals surface area contributed by atoms with E-state index < -0.39 is 0 Å². The molecule has 2 rings (SSSR count). The molecule has 96 valence electrons. The van der Waals surface area contributed by atoms with Gasteiger partial charge in [0.1, 0.15) is 5.82 Å². The molecule has 2 aromatic rings. The summed E-state index contributed by atoms with van der Waals surface area (Å²) in [5.74, 6) is 0.530. The Morgan fingerprint density at radius 1 is 1.22 bits per heavy atom. The molecule has 0 aliphatic heterocycles. The Hall–Kier alpha value is -1.84. The van der Waals surface area contributed by atoms with E-state index in [-0.39, 0.29) is 5.69 Å². The third-order valence-corrected chi connectivity index (χ3v) is 3.15. The van der Waals surface area contributed by atoms with Gasteiger partial charge in [0.05, 0.1) is 5.52 Å². The van der Waals surface area contributed by atoms with Crippen molar-refractivity contribution in [1.29, 1.82) is 0 Å². The third kappa shape index (κ3) is 2.53. The van der Waals surface area contributed by atoms with Crippen LogP contribution in [0.25, 0.3) is 10.9 Å². The van der Waals surface area contributed by atoms with Crippen LogP contribution in [0.15, 0.2) is 29.1 Å². The van der Waals surface area contributed by atoms with Gasteiger partial charge >= 0.3 is 5.69 Å².